The maximum Gasteiger partial charge on any atom is 0.161 e. The molecule has 86 valence electrons. The van der Waals surface area contributed by atoms with Crippen LogP contribution in [0.3, 0.4) is 0 Å². The molecule has 1 N–H and O–H groups in total. The summed E-state index contributed by atoms with van der Waals surface area (Å²) in [6.07, 6.45) is 5.25. The number of hydrogen-bond donors (Lipinski definition) is 1. The largest absolute Gasteiger partial charge is 0.317 e. The number of Topliss-reactive ketones (excluding diaryl/α,β-unsaturated/α-hetero) is 1. The zero-order valence-electron chi connectivity index (χ0n) is 9.70. The molecule has 0 bridgehead atoms. The van der Waals surface area contributed by atoms with E-state index in [1.54, 1.807) is 13.1 Å². The van der Waals surface area contributed by atoms with Crippen molar-refractivity contribution in [1.82, 2.24) is 10.3 Å². The molecule has 0 radical (unpaired) electrons. The standard InChI is InChI=1S/C13H18N2O/c1-10(16)12-4-5-13(15-9-12)11-3-2-7-14-8-6-11/h4-5,9,11,14H,2-3,6-8H2,1H3. The highest BCUT2D eigenvalue weighted by molar-refractivity contribution is 5.93. The van der Waals surface area contributed by atoms with Crippen LogP contribution >= 0.6 is 0 Å². The fraction of sp³-hybridized carbons (Fsp3) is 0.538. The second-order valence-electron chi connectivity index (χ2n) is 4.41. The topological polar surface area (TPSA) is 42.0 Å². The number of pyridine rings is 1. The van der Waals surface area contributed by atoms with Crippen molar-refractivity contribution in [2.24, 2.45) is 0 Å². The molecule has 1 atom stereocenters. The molecule has 1 aromatic heterocycles. The van der Waals surface area contributed by atoms with E-state index in [9.17, 15) is 4.79 Å². The average molecular weight is 218 g/mol. The van der Waals surface area contributed by atoms with E-state index in [1.807, 2.05) is 12.1 Å². The number of rotatable bonds is 2. The van der Waals surface area contributed by atoms with Crippen molar-refractivity contribution in [3.63, 3.8) is 0 Å². The van der Waals surface area contributed by atoms with Gasteiger partial charge >= 0.3 is 0 Å². The van der Waals surface area contributed by atoms with Gasteiger partial charge in [-0.1, -0.05) is 0 Å². The van der Waals surface area contributed by atoms with Crippen LogP contribution in [0.2, 0.25) is 0 Å². The highest BCUT2D eigenvalue weighted by Gasteiger charge is 2.15. The molecule has 1 aliphatic rings. The van der Waals surface area contributed by atoms with Gasteiger partial charge in [-0.15, -0.1) is 0 Å². The third-order valence-corrected chi connectivity index (χ3v) is 3.19. The van der Waals surface area contributed by atoms with Crippen LogP contribution in [0, 0.1) is 0 Å². The molecule has 2 heterocycles. The van der Waals surface area contributed by atoms with Gasteiger partial charge in [0, 0.05) is 23.4 Å². The summed E-state index contributed by atoms with van der Waals surface area (Å²) in [6.45, 7) is 3.76. The monoisotopic (exact) mass is 218 g/mol. The number of ketones is 1. The normalized spacial score (nSPS) is 21.4. The summed E-state index contributed by atoms with van der Waals surface area (Å²) >= 11 is 0. The molecule has 1 saturated heterocycles. The van der Waals surface area contributed by atoms with E-state index in [0.29, 0.717) is 11.5 Å². The predicted octanol–water partition coefficient (Wildman–Crippen LogP) is 2.14. The first-order valence-electron chi connectivity index (χ1n) is 5.95. The summed E-state index contributed by atoms with van der Waals surface area (Å²) in [5.41, 5.74) is 1.84. The van der Waals surface area contributed by atoms with Gasteiger partial charge in [-0.2, -0.15) is 0 Å². The predicted molar refractivity (Wildman–Crippen MR) is 63.7 cm³/mol. The molecular weight excluding hydrogens is 200 g/mol. The van der Waals surface area contributed by atoms with Crippen molar-refractivity contribution in [3.05, 3.63) is 29.6 Å². The zero-order chi connectivity index (χ0) is 11.4. The van der Waals surface area contributed by atoms with E-state index in [-0.39, 0.29) is 5.78 Å². The Balaban J connectivity index is 2.10. The van der Waals surface area contributed by atoms with Crippen LogP contribution in [0.15, 0.2) is 18.3 Å². The molecule has 16 heavy (non-hydrogen) atoms. The lowest BCUT2D eigenvalue weighted by Crippen LogP contribution is -2.14. The Kier molecular flexibility index (Phi) is 3.67. The number of carbonyl (C=O) groups is 1. The Bertz CT molecular complexity index is 351. The highest BCUT2D eigenvalue weighted by Crippen LogP contribution is 2.24. The van der Waals surface area contributed by atoms with E-state index in [1.165, 1.54) is 12.8 Å². The summed E-state index contributed by atoms with van der Waals surface area (Å²) in [5, 5.41) is 3.39. The number of nitrogens with one attached hydrogen (secondary N) is 1. The van der Waals surface area contributed by atoms with Crippen LogP contribution in [0.4, 0.5) is 0 Å². The maximum absolute atomic E-state index is 11.1. The molecule has 1 aromatic rings. The van der Waals surface area contributed by atoms with Crippen LogP contribution < -0.4 is 5.32 Å². The molecule has 3 heteroatoms. The molecule has 0 spiro atoms. The van der Waals surface area contributed by atoms with Crippen LogP contribution in [-0.4, -0.2) is 23.9 Å². The summed E-state index contributed by atoms with van der Waals surface area (Å²) < 4.78 is 0. The third kappa shape index (κ3) is 2.67. The zero-order valence-corrected chi connectivity index (χ0v) is 9.70. The van der Waals surface area contributed by atoms with Crippen molar-refractivity contribution >= 4 is 5.78 Å². The fourth-order valence-corrected chi connectivity index (χ4v) is 2.17. The second-order valence-corrected chi connectivity index (χ2v) is 4.41. The first-order chi connectivity index (χ1) is 7.77. The molecule has 0 aliphatic carbocycles. The van der Waals surface area contributed by atoms with Gasteiger partial charge in [-0.05, 0) is 51.4 Å². The van der Waals surface area contributed by atoms with Crippen molar-refractivity contribution in [2.45, 2.75) is 32.1 Å². The first-order valence-corrected chi connectivity index (χ1v) is 5.95. The number of aromatic nitrogens is 1. The van der Waals surface area contributed by atoms with Crippen molar-refractivity contribution in [3.8, 4) is 0 Å². The van der Waals surface area contributed by atoms with Crippen LogP contribution in [0.5, 0.6) is 0 Å². The molecule has 3 nitrogen and oxygen atoms in total. The molecule has 0 saturated carbocycles. The lowest BCUT2D eigenvalue weighted by atomic mass is 9.96. The first kappa shape index (κ1) is 11.3. The number of hydrogen-bond acceptors (Lipinski definition) is 3. The Morgan fingerprint density at radius 1 is 1.38 bits per heavy atom. The van der Waals surface area contributed by atoms with Gasteiger partial charge in [0.25, 0.3) is 0 Å². The number of carbonyl (C=O) groups excluding carboxylic acids is 1. The van der Waals surface area contributed by atoms with Gasteiger partial charge < -0.3 is 5.32 Å². The molecule has 1 unspecified atom stereocenters. The third-order valence-electron chi connectivity index (χ3n) is 3.19. The quantitative estimate of drug-likeness (QED) is 0.773. The van der Waals surface area contributed by atoms with E-state index in [0.717, 1.165) is 25.2 Å². The van der Waals surface area contributed by atoms with Crippen LogP contribution in [-0.2, 0) is 0 Å². The van der Waals surface area contributed by atoms with Crippen molar-refractivity contribution in [2.75, 3.05) is 13.1 Å². The molecule has 1 fully saturated rings. The van der Waals surface area contributed by atoms with Crippen LogP contribution in [0.25, 0.3) is 0 Å². The SMILES string of the molecule is CC(=O)c1ccc(C2CCCNCC2)nc1. The smallest absolute Gasteiger partial charge is 0.161 e. The fourth-order valence-electron chi connectivity index (χ4n) is 2.17. The van der Waals surface area contributed by atoms with Crippen molar-refractivity contribution in [1.29, 1.82) is 0 Å². The summed E-state index contributed by atoms with van der Waals surface area (Å²) in [7, 11) is 0. The Morgan fingerprint density at radius 2 is 2.25 bits per heavy atom. The maximum atomic E-state index is 11.1. The summed E-state index contributed by atoms with van der Waals surface area (Å²) in [4.78, 5) is 15.6. The second kappa shape index (κ2) is 5.21. The molecule has 1 aliphatic heterocycles. The van der Waals surface area contributed by atoms with Gasteiger partial charge in [0.05, 0.1) is 0 Å². The Labute approximate surface area is 96.3 Å². The molecule has 2 rings (SSSR count). The minimum Gasteiger partial charge on any atom is -0.317 e. The highest BCUT2D eigenvalue weighted by atomic mass is 16.1. The average Bonchev–Trinajstić information content (AvgIpc) is 2.57. The lowest BCUT2D eigenvalue weighted by Gasteiger charge is -2.12. The van der Waals surface area contributed by atoms with E-state index in [4.69, 9.17) is 0 Å². The van der Waals surface area contributed by atoms with Crippen molar-refractivity contribution < 1.29 is 4.79 Å². The lowest BCUT2D eigenvalue weighted by molar-refractivity contribution is 0.101. The van der Waals surface area contributed by atoms with Gasteiger partial charge in [0.15, 0.2) is 5.78 Å². The minimum absolute atomic E-state index is 0.0848. The summed E-state index contributed by atoms with van der Waals surface area (Å²) in [6, 6.07) is 3.90. The molecular formula is C13H18N2O. The molecule has 0 aromatic carbocycles. The van der Waals surface area contributed by atoms with Gasteiger partial charge in [-0.25, -0.2) is 0 Å². The van der Waals surface area contributed by atoms with Gasteiger partial charge in [0.2, 0.25) is 0 Å². The summed E-state index contributed by atoms with van der Waals surface area (Å²) in [5.74, 6) is 0.637. The molecule has 0 amide bonds. The minimum atomic E-state index is 0.0848. The van der Waals surface area contributed by atoms with E-state index < -0.39 is 0 Å². The van der Waals surface area contributed by atoms with E-state index in [2.05, 4.69) is 10.3 Å². The number of nitrogens with zero attached hydrogens (tertiary/aromatic N) is 1. The van der Waals surface area contributed by atoms with Gasteiger partial charge in [-0.3, -0.25) is 9.78 Å². The Hall–Kier alpha value is -1.22. The van der Waals surface area contributed by atoms with Crippen LogP contribution in [0.1, 0.15) is 48.2 Å². The van der Waals surface area contributed by atoms with Gasteiger partial charge in [0.1, 0.15) is 0 Å². The van der Waals surface area contributed by atoms with E-state index >= 15 is 0 Å². The Morgan fingerprint density at radius 3 is 2.94 bits per heavy atom.